The van der Waals surface area contributed by atoms with E-state index in [0.717, 1.165) is 5.56 Å². The summed E-state index contributed by atoms with van der Waals surface area (Å²) in [5.41, 5.74) is 1.40. The molecule has 8 heteroatoms. The van der Waals surface area contributed by atoms with E-state index < -0.39 is 0 Å². The van der Waals surface area contributed by atoms with E-state index in [4.69, 9.17) is 0 Å². The van der Waals surface area contributed by atoms with Crippen molar-refractivity contribution in [3.05, 3.63) is 63.8 Å². The van der Waals surface area contributed by atoms with Crippen molar-refractivity contribution in [3.8, 4) is 0 Å². The summed E-state index contributed by atoms with van der Waals surface area (Å²) in [5.74, 6) is 0.624. The topological polar surface area (TPSA) is 112 Å². The third kappa shape index (κ3) is 4.34. The monoisotopic (exact) mass is 355 g/mol. The molecule has 0 aliphatic carbocycles. The summed E-state index contributed by atoms with van der Waals surface area (Å²) in [5, 5.41) is 15.2. The minimum absolute atomic E-state index is 0.135. The van der Waals surface area contributed by atoms with Crippen molar-refractivity contribution in [2.75, 3.05) is 6.61 Å². The molecule has 3 aromatic rings. The Balaban J connectivity index is 1.58. The lowest BCUT2D eigenvalue weighted by molar-refractivity contribution is -0.122. The molecule has 136 valence electrons. The smallest absolute Gasteiger partial charge is 0.274 e. The lowest BCUT2D eigenvalue weighted by Gasteiger charge is -2.16. The molecule has 0 aliphatic rings. The van der Waals surface area contributed by atoms with E-state index in [-0.39, 0.29) is 30.5 Å². The van der Waals surface area contributed by atoms with E-state index in [1.165, 1.54) is 10.6 Å². The van der Waals surface area contributed by atoms with Crippen molar-refractivity contribution in [1.29, 1.82) is 0 Å². The van der Waals surface area contributed by atoms with Gasteiger partial charge in [-0.3, -0.25) is 14.7 Å². The molecule has 3 rings (SSSR count). The Hall–Kier alpha value is -3.00. The van der Waals surface area contributed by atoms with Crippen molar-refractivity contribution < 1.29 is 9.90 Å². The summed E-state index contributed by atoms with van der Waals surface area (Å²) < 4.78 is 1.26. The molecule has 26 heavy (non-hydrogen) atoms. The average Bonchev–Trinajstić information content (AvgIpc) is 3.03. The van der Waals surface area contributed by atoms with E-state index >= 15 is 0 Å². The number of aromatic nitrogens is 4. The minimum Gasteiger partial charge on any atom is -0.394 e. The molecule has 0 bridgehead atoms. The highest BCUT2D eigenvalue weighted by atomic mass is 16.3. The predicted octanol–water partition coefficient (Wildman–Crippen LogP) is 0.378. The molecule has 0 saturated carbocycles. The SMILES string of the molecule is Cc1cc(=O)n2[nH]c(CCC(=O)NC(CO)Cc3ccccc3)nc2n1. The maximum Gasteiger partial charge on any atom is 0.274 e. The van der Waals surface area contributed by atoms with E-state index in [1.54, 1.807) is 6.92 Å². The summed E-state index contributed by atoms with van der Waals surface area (Å²) in [6.45, 7) is 1.59. The van der Waals surface area contributed by atoms with Crippen LogP contribution in [0.4, 0.5) is 0 Å². The lowest BCUT2D eigenvalue weighted by Crippen LogP contribution is -2.39. The normalized spacial score (nSPS) is 12.2. The Morgan fingerprint density at radius 3 is 2.81 bits per heavy atom. The molecular formula is C18H21N5O3. The summed E-state index contributed by atoms with van der Waals surface area (Å²) in [4.78, 5) is 32.4. The van der Waals surface area contributed by atoms with Gasteiger partial charge in [0, 0.05) is 24.6 Å². The number of hydrogen-bond donors (Lipinski definition) is 3. The van der Waals surface area contributed by atoms with Crippen LogP contribution in [-0.4, -0.2) is 43.2 Å². The van der Waals surface area contributed by atoms with Crippen LogP contribution in [0.2, 0.25) is 0 Å². The van der Waals surface area contributed by atoms with Crippen LogP contribution in [0, 0.1) is 6.92 Å². The first kappa shape index (κ1) is 17.8. The number of aliphatic hydroxyl groups is 1. The first-order chi connectivity index (χ1) is 12.5. The average molecular weight is 355 g/mol. The Kier molecular flexibility index (Phi) is 5.43. The van der Waals surface area contributed by atoms with Gasteiger partial charge in [0.1, 0.15) is 5.82 Å². The van der Waals surface area contributed by atoms with Crippen molar-refractivity contribution in [2.24, 2.45) is 0 Å². The minimum atomic E-state index is -0.340. The van der Waals surface area contributed by atoms with Gasteiger partial charge in [0.25, 0.3) is 11.3 Å². The summed E-state index contributed by atoms with van der Waals surface area (Å²) in [6.07, 6.45) is 1.10. The van der Waals surface area contributed by atoms with Gasteiger partial charge in [0.05, 0.1) is 12.6 Å². The largest absolute Gasteiger partial charge is 0.394 e. The second-order valence-corrected chi connectivity index (χ2v) is 6.18. The van der Waals surface area contributed by atoms with Gasteiger partial charge < -0.3 is 10.4 Å². The van der Waals surface area contributed by atoms with Crippen molar-refractivity contribution in [3.63, 3.8) is 0 Å². The van der Waals surface area contributed by atoms with E-state index in [0.29, 0.717) is 30.1 Å². The Morgan fingerprint density at radius 1 is 1.31 bits per heavy atom. The van der Waals surface area contributed by atoms with Gasteiger partial charge in [0.15, 0.2) is 0 Å². The highest BCUT2D eigenvalue weighted by Gasteiger charge is 2.13. The molecule has 0 aliphatic heterocycles. The zero-order valence-electron chi connectivity index (χ0n) is 14.5. The Bertz CT molecular complexity index is 948. The Labute approximate surface area is 149 Å². The number of aliphatic hydroxyl groups excluding tert-OH is 1. The fraction of sp³-hybridized carbons (Fsp3) is 0.333. The van der Waals surface area contributed by atoms with Gasteiger partial charge in [-0.1, -0.05) is 30.3 Å². The maximum absolute atomic E-state index is 12.2. The number of aromatic amines is 1. The van der Waals surface area contributed by atoms with Crippen LogP contribution in [0.3, 0.4) is 0 Å². The number of benzene rings is 1. The quantitative estimate of drug-likeness (QED) is 0.567. The fourth-order valence-electron chi connectivity index (χ4n) is 2.74. The molecule has 1 amide bonds. The van der Waals surface area contributed by atoms with Crippen molar-refractivity contribution in [1.82, 2.24) is 24.9 Å². The molecule has 0 saturated heterocycles. The molecule has 0 spiro atoms. The molecule has 3 N–H and O–H groups in total. The number of fused-ring (bicyclic) bond motifs is 1. The van der Waals surface area contributed by atoms with E-state index in [1.807, 2.05) is 30.3 Å². The highest BCUT2D eigenvalue weighted by Crippen LogP contribution is 2.04. The number of rotatable bonds is 7. The first-order valence-corrected chi connectivity index (χ1v) is 8.44. The molecule has 0 fully saturated rings. The van der Waals surface area contributed by atoms with Gasteiger partial charge in [-0.2, -0.15) is 9.50 Å². The number of aryl methyl sites for hydroxylation is 2. The predicted molar refractivity (Wildman–Crippen MR) is 95.8 cm³/mol. The van der Waals surface area contributed by atoms with Gasteiger partial charge >= 0.3 is 0 Å². The molecular weight excluding hydrogens is 334 g/mol. The number of carbonyl (C=O) groups excluding carboxylic acids is 1. The van der Waals surface area contributed by atoms with Gasteiger partial charge in [0.2, 0.25) is 5.91 Å². The summed E-state index contributed by atoms with van der Waals surface area (Å²) in [7, 11) is 0. The second-order valence-electron chi connectivity index (χ2n) is 6.18. The summed E-state index contributed by atoms with van der Waals surface area (Å²) in [6, 6.07) is 10.7. The van der Waals surface area contributed by atoms with Gasteiger partial charge in [-0.05, 0) is 18.9 Å². The van der Waals surface area contributed by atoms with Crippen LogP contribution in [0.1, 0.15) is 23.5 Å². The molecule has 8 nitrogen and oxygen atoms in total. The molecule has 2 aromatic heterocycles. The molecule has 1 aromatic carbocycles. The van der Waals surface area contributed by atoms with Crippen LogP contribution in [-0.2, 0) is 17.6 Å². The number of amides is 1. The molecule has 0 radical (unpaired) electrons. The van der Waals surface area contributed by atoms with Crippen LogP contribution in [0.15, 0.2) is 41.2 Å². The van der Waals surface area contributed by atoms with Crippen LogP contribution in [0.25, 0.3) is 5.78 Å². The van der Waals surface area contributed by atoms with Crippen LogP contribution < -0.4 is 10.9 Å². The standard InChI is InChI=1S/C18H21N5O3/c1-12-9-17(26)23-18(19-12)21-15(22-23)7-8-16(25)20-14(11-24)10-13-5-3-2-4-6-13/h2-6,9,14,24H,7-8,10-11H2,1H3,(H,20,25)(H,19,21,22). The lowest BCUT2D eigenvalue weighted by atomic mass is 10.1. The number of nitrogens with zero attached hydrogens (tertiary/aromatic N) is 3. The van der Waals surface area contributed by atoms with Crippen LogP contribution in [0.5, 0.6) is 0 Å². The Morgan fingerprint density at radius 2 is 2.08 bits per heavy atom. The molecule has 1 atom stereocenters. The van der Waals surface area contributed by atoms with E-state index in [9.17, 15) is 14.7 Å². The number of hydrogen-bond acceptors (Lipinski definition) is 5. The number of carbonyl (C=O) groups is 1. The maximum atomic E-state index is 12.2. The third-order valence-corrected chi connectivity index (χ3v) is 4.00. The number of H-pyrrole nitrogens is 1. The van der Waals surface area contributed by atoms with E-state index in [2.05, 4.69) is 20.4 Å². The van der Waals surface area contributed by atoms with Gasteiger partial charge in [-0.15, -0.1) is 0 Å². The molecule has 2 heterocycles. The first-order valence-electron chi connectivity index (χ1n) is 8.44. The van der Waals surface area contributed by atoms with Crippen molar-refractivity contribution >= 4 is 11.7 Å². The number of nitrogens with one attached hydrogen (secondary N) is 2. The third-order valence-electron chi connectivity index (χ3n) is 4.00. The fourth-order valence-corrected chi connectivity index (χ4v) is 2.74. The van der Waals surface area contributed by atoms with Gasteiger partial charge in [-0.25, -0.2) is 4.98 Å². The highest BCUT2D eigenvalue weighted by molar-refractivity contribution is 5.76. The molecule has 1 unspecified atom stereocenters. The van der Waals surface area contributed by atoms with Crippen molar-refractivity contribution in [2.45, 2.75) is 32.2 Å². The second kappa shape index (κ2) is 7.92. The zero-order chi connectivity index (χ0) is 18.5. The summed E-state index contributed by atoms with van der Waals surface area (Å²) >= 11 is 0. The zero-order valence-corrected chi connectivity index (χ0v) is 14.5. The van der Waals surface area contributed by atoms with Crippen LogP contribution >= 0.6 is 0 Å².